The number of benzene rings is 2. The predicted octanol–water partition coefficient (Wildman–Crippen LogP) is 4.75. The lowest BCUT2D eigenvalue weighted by Gasteiger charge is -2.39. The lowest BCUT2D eigenvalue weighted by molar-refractivity contribution is -0.152. The Labute approximate surface area is 204 Å². The number of piperidine rings is 1. The first-order chi connectivity index (χ1) is 16.5. The summed E-state index contributed by atoms with van der Waals surface area (Å²) in [5.41, 5.74) is 0.0346. The summed E-state index contributed by atoms with van der Waals surface area (Å²) in [6.07, 6.45) is 2.52. The number of aromatic nitrogens is 1. The van der Waals surface area contributed by atoms with Gasteiger partial charge in [0.25, 0.3) is 5.56 Å². The highest BCUT2D eigenvalue weighted by atomic mass is 32.2. The van der Waals surface area contributed by atoms with Crippen molar-refractivity contribution in [1.29, 1.82) is 0 Å². The van der Waals surface area contributed by atoms with E-state index in [1.807, 2.05) is 54.2 Å². The molecular formula is C27H32N2O4S. The second kappa shape index (κ2) is 11.1. The van der Waals surface area contributed by atoms with Gasteiger partial charge in [-0.3, -0.25) is 9.59 Å². The summed E-state index contributed by atoms with van der Waals surface area (Å²) in [7, 11) is 1.61. The van der Waals surface area contributed by atoms with E-state index in [4.69, 9.17) is 4.74 Å². The fourth-order valence-corrected chi connectivity index (χ4v) is 5.72. The first-order valence-corrected chi connectivity index (χ1v) is 12.8. The normalized spacial score (nSPS) is 15.9. The summed E-state index contributed by atoms with van der Waals surface area (Å²) in [6, 6.07) is 19.4. The molecule has 1 aromatic heterocycles. The third-order valence-corrected chi connectivity index (χ3v) is 7.92. The molecule has 4 rings (SSSR count). The molecule has 3 aromatic rings. The fraction of sp³-hybridized carbons (Fsp3) is 0.407. The maximum absolute atomic E-state index is 12.6. The zero-order chi connectivity index (χ0) is 24.0. The van der Waals surface area contributed by atoms with Crippen molar-refractivity contribution in [1.82, 2.24) is 9.47 Å². The van der Waals surface area contributed by atoms with E-state index in [2.05, 4.69) is 17.0 Å². The number of carboxylic acids is 1. The smallest absolute Gasteiger partial charge is 0.309 e. The van der Waals surface area contributed by atoms with Gasteiger partial charge in [0.2, 0.25) is 0 Å². The lowest BCUT2D eigenvalue weighted by Crippen LogP contribution is -2.45. The number of fused-ring (bicyclic) bond motifs is 1. The van der Waals surface area contributed by atoms with Crippen LogP contribution in [0.5, 0.6) is 5.75 Å². The molecule has 180 valence electrons. The molecule has 0 unspecified atom stereocenters. The summed E-state index contributed by atoms with van der Waals surface area (Å²) >= 11 is 1.84. The van der Waals surface area contributed by atoms with Crippen LogP contribution in [0.1, 0.15) is 25.7 Å². The molecule has 0 amide bonds. The first-order valence-electron chi connectivity index (χ1n) is 11.8. The molecule has 7 heteroatoms. The molecule has 0 bridgehead atoms. The SMILES string of the molecule is COc1ccc2ccc(=O)n(CCCC3(C(=O)O)CCN(CCSc4ccccc4)CC3)c2c1. The Bertz CT molecular complexity index is 1170. The van der Waals surface area contributed by atoms with Crippen molar-refractivity contribution in [2.45, 2.75) is 37.1 Å². The number of hydrogen-bond donors (Lipinski definition) is 1. The highest BCUT2D eigenvalue weighted by Crippen LogP contribution is 2.37. The van der Waals surface area contributed by atoms with Gasteiger partial charge in [0.05, 0.1) is 18.0 Å². The van der Waals surface area contributed by atoms with Crippen LogP contribution >= 0.6 is 11.8 Å². The standard InChI is InChI=1S/C27H32N2O4S/c1-33-22-10-8-21-9-11-25(30)29(24(21)20-22)15-5-12-27(26(31)32)13-16-28(17-14-27)18-19-34-23-6-3-2-4-7-23/h2-4,6-11,20H,5,12-19H2,1H3,(H,31,32). The number of rotatable bonds is 10. The van der Waals surface area contributed by atoms with Gasteiger partial charge >= 0.3 is 5.97 Å². The van der Waals surface area contributed by atoms with Crippen LogP contribution in [0.25, 0.3) is 10.9 Å². The van der Waals surface area contributed by atoms with E-state index in [0.29, 0.717) is 38.0 Å². The fourth-order valence-electron chi connectivity index (χ4n) is 4.79. The average Bonchev–Trinajstić information content (AvgIpc) is 2.86. The van der Waals surface area contributed by atoms with Crippen molar-refractivity contribution in [3.63, 3.8) is 0 Å². The molecule has 2 aromatic carbocycles. The summed E-state index contributed by atoms with van der Waals surface area (Å²) in [5.74, 6) is 0.988. The van der Waals surface area contributed by atoms with Gasteiger partial charge in [0, 0.05) is 35.9 Å². The Hall–Kier alpha value is -2.77. The van der Waals surface area contributed by atoms with Crippen LogP contribution in [0.15, 0.2) is 70.4 Å². The average molecular weight is 481 g/mol. The minimum absolute atomic E-state index is 0.0733. The van der Waals surface area contributed by atoms with E-state index >= 15 is 0 Å². The van der Waals surface area contributed by atoms with E-state index in [0.717, 1.165) is 36.3 Å². The monoisotopic (exact) mass is 480 g/mol. The van der Waals surface area contributed by atoms with E-state index in [1.54, 1.807) is 17.7 Å². The largest absolute Gasteiger partial charge is 0.497 e. The van der Waals surface area contributed by atoms with Gasteiger partial charge in [0.1, 0.15) is 5.75 Å². The Morgan fingerprint density at radius 2 is 1.79 bits per heavy atom. The predicted molar refractivity (Wildman–Crippen MR) is 137 cm³/mol. The molecule has 1 fully saturated rings. The molecular weight excluding hydrogens is 448 g/mol. The third-order valence-electron chi connectivity index (χ3n) is 6.92. The number of aliphatic carboxylic acids is 1. The number of carboxylic acid groups (broad SMARTS) is 1. The third kappa shape index (κ3) is 5.65. The van der Waals surface area contributed by atoms with Gasteiger partial charge in [-0.2, -0.15) is 0 Å². The first kappa shape index (κ1) is 24.4. The van der Waals surface area contributed by atoms with Crippen molar-refractivity contribution in [2.24, 2.45) is 5.41 Å². The molecule has 0 spiro atoms. The van der Waals surface area contributed by atoms with Crippen molar-refractivity contribution >= 4 is 28.6 Å². The minimum Gasteiger partial charge on any atom is -0.497 e. The molecule has 1 aliphatic heterocycles. The van der Waals surface area contributed by atoms with Gasteiger partial charge in [-0.25, -0.2) is 0 Å². The summed E-state index contributed by atoms with van der Waals surface area (Å²) in [5, 5.41) is 11.1. The second-order valence-electron chi connectivity index (χ2n) is 8.94. The van der Waals surface area contributed by atoms with E-state index < -0.39 is 11.4 Å². The van der Waals surface area contributed by atoms with Gasteiger partial charge in [-0.1, -0.05) is 18.2 Å². The second-order valence-corrected chi connectivity index (χ2v) is 10.1. The Balaban J connectivity index is 1.34. The molecule has 34 heavy (non-hydrogen) atoms. The van der Waals surface area contributed by atoms with Crippen molar-refractivity contribution in [3.8, 4) is 5.75 Å². The quantitative estimate of drug-likeness (QED) is 0.422. The Morgan fingerprint density at radius 1 is 1.06 bits per heavy atom. The zero-order valence-corrected chi connectivity index (χ0v) is 20.4. The maximum atomic E-state index is 12.6. The molecule has 1 N–H and O–H groups in total. The number of methoxy groups -OCH3 is 1. The summed E-state index contributed by atoms with van der Waals surface area (Å²) in [4.78, 5) is 28.5. The van der Waals surface area contributed by atoms with E-state index in [9.17, 15) is 14.7 Å². The Morgan fingerprint density at radius 3 is 2.50 bits per heavy atom. The van der Waals surface area contributed by atoms with E-state index in [1.165, 1.54) is 4.90 Å². The van der Waals surface area contributed by atoms with Gasteiger partial charge in [-0.05, 0) is 74.5 Å². The number of carbonyl (C=O) groups is 1. The van der Waals surface area contributed by atoms with Crippen LogP contribution < -0.4 is 10.3 Å². The zero-order valence-electron chi connectivity index (χ0n) is 19.6. The van der Waals surface area contributed by atoms with Gasteiger partial charge in [-0.15, -0.1) is 11.8 Å². The highest BCUT2D eigenvalue weighted by Gasteiger charge is 2.40. The topological polar surface area (TPSA) is 71.8 Å². The van der Waals surface area contributed by atoms with Crippen molar-refractivity contribution in [2.75, 3.05) is 32.5 Å². The number of pyridine rings is 1. The van der Waals surface area contributed by atoms with Crippen LogP contribution in [0.2, 0.25) is 0 Å². The number of nitrogens with zero attached hydrogens (tertiary/aromatic N) is 2. The van der Waals surface area contributed by atoms with Crippen LogP contribution in [-0.2, 0) is 11.3 Å². The van der Waals surface area contributed by atoms with Crippen molar-refractivity contribution < 1.29 is 14.6 Å². The molecule has 6 nitrogen and oxygen atoms in total. The number of likely N-dealkylation sites (tertiary alicyclic amines) is 1. The number of hydrogen-bond acceptors (Lipinski definition) is 5. The van der Waals surface area contributed by atoms with Crippen LogP contribution in [0.3, 0.4) is 0 Å². The minimum atomic E-state index is -0.713. The molecule has 2 heterocycles. The molecule has 1 aliphatic rings. The molecule has 0 aliphatic carbocycles. The molecule has 0 radical (unpaired) electrons. The van der Waals surface area contributed by atoms with Crippen molar-refractivity contribution in [3.05, 3.63) is 71.0 Å². The van der Waals surface area contributed by atoms with Gasteiger partial charge < -0.3 is 19.3 Å². The van der Waals surface area contributed by atoms with E-state index in [-0.39, 0.29) is 5.56 Å². The lowest BCUT2D eigenvalue weighted by atomic mass is 9.75. The molecule has 0 atom stereocenters. The maximum Gasteiger partial charge on any atom is 0.309 e. The summed E-state index contributed by atoms with van der Waals surface area (Å²) in [6.45, 7) is 3.05. The number of aryl methyl sites for hydroxylation is 1. The van der Waals surface area contributed by atoms with Crippen LogP contribution in [-0.4, -0.2) is 53.0 Å². The number of thioether (sulfide) groups is 1. The number of ether oxygens (including phenoxy) is 1. The van der Waals surface area contributed by atoms with Crippen LogP contribution in [0.4, 0.5) is 0 Å². The van der Waals surface area contributed by atoms with Crippen LogP contribution in [0, 0.1) is 5.41 Å². The highest BCUT2D eigenvalue weighted by molar-refractivity contribution is 7.99. The summed E-state index contributed by atoms with van der Waals surface area (Å²) < 4.78 is 7.07. The molecule has 1 saturated heterocycles. The molecule has 0 saturated carbocycles. The Kier molecular flexibility index (Phi) is 7.95. The van der Waals surface area contributed by atoms with Gasteiger partial charge in [0.15, 0.2) is 0 Å².